The molecule has 0 rings (SSSR count). The summed E-state index contributed by atoms with van der Waals surface area (Å²) in [5.74, 6) is -0.511. The lowest BCUT2D eigenvalue weighted by molar-refractivity contribution is -0.150. The molecule has 0 aliphatic rings. The van der Waals surface area contributed by atoms with E-state index in [1.54, 1.807) is 0 Å². The van der Waals surface area contributed by atoms with Gasteiger partial charge in [-0.05, 0) is 32.1 Å². The van der Waals surface area contributed by atoms with Crippen LogP contribution in [-0.2, 0) is 9.53 Å². The molecule has 3 heteroatoms. The Bertz CT molecular complexity index is 274. The van der Waals surface area contributed by atoms with E-state index in [2.05, 4.69) is 23.8 Å². The Labute approximate surface area is 137 Å². The fourth-order valence-corrected chi connectivity index (χ4v) is 2.49. The standard InChI is InChI=1S/C19H36O3/c1-3-4-5-6-7-8-9-10-11-12-13-14-15-16-17-18(20)19(21)22-2/h7-8,18,20H,3-6,9-17H2,1-2H3. The van der Waals surface area contributed by atoms with Crippen LogP contribution in [0, 0.1) is 0 Å². The van der Waals surface area contributed by atoms with E-state index in [1.807, 2.05) is 0 Å². The van der Waals surface area contributed by atoms with Crippen LogP contribution in [-0.4, -0.2) is 24.3 Å². The van der Waals surface area contributed by atoms with Crippen molar-refractivity contribution in [2.45, 2.75) is 96.5 Å². The summed E-state index contributed by atoms with van der Waals surface area (Å²) in [6, 6.07) is 0. The van der Waals surface area contributed by atoms with Gasteiger partial charge in [0.15, 0.2) is 6.10 Å². The van der Waals surface area contributed by atoms with Gasteiger partial charge in [0.1, 0.15) is 0 Å². The fourth-order valence-electron chi connectivity index (χ4n) is 2.49. The number of aliphatic hydroxyl groups excluding tert-OH is 1. The topological polar surface area (TPSA) is 46.5 Å². The summed E-state index contributed by atoms with van der Waals surface area (Å²) >= 11 is 0. The molecule has 0 fully saturated rings. The monoisotopic (exact) mass is 312 g/mol. The van der Waals surface area contributed by atoms with Crippen molar-refractivity contribution in [2.24, 2.45) is 0 Å². The van der Waals surface area contributed by atoms with Crippen molar-refractivity contribution < 1.29 is 14.6 Å². The summed E-state index contributed by atoms with van der Waals surface area (Å²) in [6.45, 7) is 2.24. The van der Waals surface area contributed by atoms with Crippen LogP contribution in [0.1, 0.15) is 90.4 Å². The summed E-state index contributed by atoms with van der Waals surface area (Å²) in [5.41, 5.74) is 0. The third-order valence-corrected chi connectivity index (χ3v) is 3.96. The number of ether oxygens (including phenoxy) is 1. The number of allylic oxidation sites excluding steroid dienone is 2. The summed E-state index contributed by atoms with van der Waals surface area (Å²) in [7, 11) is 1.31. The van der Waals surface area contributed by atoms with Crippen LogP contribution in [0.2, 0.25) is 0 Å². The summed E-state index contributed by atoms with van der Waals surface area (Å²) in [4.78, 5) is 11.0. The number of unbranched alkanes of at least 4 members (excludes halogenated alkanes) is 10. The highest BCUT2D eigenvalue weighted by Gasteiger charge is 2.13. The Balaban J connectivity index is 3.19. The van der Waals surface area contributed by atoms with Crippen LogP contribution in [0.3, 0.4) is 0 Å². The van der Waals surface area contributed by atoms with Gasteiger partial charge in [-0.3, -0.25) is 0 Å². The first-order valence-corrected chi connectivity index (χ1v) is 9.13. The average Bonchev–Trinajstić information content (AvgIpc) is 2.54. The first kappa shape index (κ1) is 21.2. The number of hydrogen-bond donors (Lipinski definition) is 1. The Morgan fingerprint density at radius 3 is 1.95 bits per heavy atom. The molecule has 0 spiro atoms. The molecule has 0 saturated heterocycles. The number of hydrogen-bond acceptors (Lipinski definition) is 3. The molecule has 0 aromatic carbocycles. The van der Waals surface area contributed by atoms with Crippen LogP contribution in [0.25, 0.3) is 0 Å². The van der Waals surface area contributed by atoms with Gasteiger partial charge in [0.05, 0.1) is 7.11 Å². The molecule has 130 valence electrons. The van der Waals surface area contributed by atoms with Crippen molar-refractivity contribution in [3.63, 3.8) is 0 Å². The minimum Gasteiger partial charge on any atom is -0.467 e. The Morgan fingerprint density at radius 2 is 1.41 bits per heavy atom. The second kappa shape index (κ2) is 16.5. The zero-order valence-corrected chi connectivity index (χ0v) is 14.7. The van der Waals surface area contributed by atoms with E-state index in [0.717, 1.165) is 12.8 Å². The van der Waals surface area contributed by atoms with E-state index >= 15 is 0 Å². The molecule has 1 N–H and O–H groups in total. The maximum atomic E-state index is 11.0. The van der Waals surface area contributed by atoms with Gasteiger partial charge in [0, 0.05) is 0 Å². The highest BCUT2D eigenvalue weighted by Crippen LogP contribution is 2.11. The zero-order chi connectivity index (χ0) is 16.5. The number of rotatable bonds is 15. The van der Waals surface area contributed by atoms with Crippen LogP contribution in [0.15, 0.2) is 12.2 Å². The molecular formula is C19H36O3. The quantitative estimate of drug-likeness (QED) is 0.258. The first-order chi connectivity index (χ1) is 10.7. The van der Waals surface area contributed by atoms with E-state index in [9.17, 15) is 9.90 Å². The lowest BCUT2D eigenvalue weighted by Gasteiger charge is -2.07. The number of carbonyl (C=O) groups is 1. The normalized spacial score (nSPS) is 12.7. The molecule has 0 aliphatic heterocycles. The molecule has 0 aromatic rings. The summed E-state index contributed by atoms with van der Waals surface area (Å²) in [6.07, 6.45) is 19.0. The Kier molecular flexibility index (Phi) is 15.9. The number of aliphatic hydroxyl groups is 1. The molecule has 0 saturated carbocycles. The molecule has 0 aromatic heterocycles. The molecule has 0 aliphatic carbocycles. The molecule has 0 amide bonds. The maximum Gasteiger partial charge on any atom is 0.334 e. The largest absolute Gasteiger partial charge is 0.467 e. The fraction of sp³-hybridized carbons (Fsp3) is 0.842. The van der Waals surface area contributed by atoms with E-state index in [4.69, 9.17) is 0 Å². The highest BCUT2D eigenvalue weighted by atomic mass is 16.5. The number of carbonyl (C=O) groups excluding carboxylic acids is 1. The lowest BCUT2D eigenvalue weighted by atomic mass is 10.1. The van der Waals surface area contributed by atoms with E-state index in [0.29, 0.717) is 6.42 Å². The second-order valence-electron chi connectivity index (χ2n) is 6.06. The smallest absolute Gasteiger partial charge is 0.334 e. The van der Waals surface area contributed by atoms with Gasteiger partial charge in [0.25, 0.3) is 0 Å². The minimum atomic E-state index is -0.936. The van der Waals surface area contributed by atoms with Crippen molar-refractivity contribution in [3.8, 4) is 0 Å². The average molecular weight is 312 g/mol. The van der Waals surface area contributed by atoms with Crippen molar-refractivity contribution >= 4 is 5.97 Å². The third kappa shape index (κ3) is 14.1. The number of esters is 1. The van der Waals surface area contributed by atoms with E-state index < -0.39 is 12.1 Å². The van der Waals surface area contributed by atoms with E-state index in [1.165, 1.54) is 71.3 Å². The van der Waals surface area contributed by atoms with Crippen LogP contribution < -0.4 is 0 Å². The van der Waals surface area contributed by atoms with Crippen molar-refractivity contribution in [3.05, 3.63) is 12.2 Å². The highest BCUT2D eigenvalue weighted by molar-refractivity contribution is 5.74. The molecule has 0 bridgehead atoms. The Hall–Kier alpha value is -0.830. The molecular weight excluding hydrogens is 276 g/mol. The zero-order valence-electron chi connectivity index (χ0n) is 14.7. The van der Waals surface area contributed by atoms with Crippen molar-refractivity contribution in [2.75, 3.05) is 7.11 Å². The lowest BCUT2D eigenvalue weighted by Crippen LogP contribution is -2.21. The molecule has 1 unspecified atom stereocenters. The first-order valence-electron chi connectivity index (χ1n) is 9.13. The van der Waals surface area contributed by atoms with Gasteiger partial charge < -0.3 is 9.84 Å². The van der Waals surface area contributed by atoms with Crippen molar-refractivity contribution in [1.29, 1.82) is 0 Å². The molecule has 1 atom stereocenters. The minimum absolute atomic E-state index is 0.511. The number of methoxy groups -OCH3 is 1. The van der Waals surface area contributed by atoms with Crippen LogP contribution in [0.5, 0.6) is 0 Å². The predicted octanol–water partition coefficient (Wildman–Crippen LogP) is 5.17. The Morgan fingerprint density at radius 1 is 0.909 bits per heavy atom. The van der Waals surface area contributed by atoms with Gasteiger partial charge in [-0.25, -0.2) is 4.79 Å². The molecule has 3 nitrogen and oxygen atoms in total. The van der Waals surface area contributed by atoms with Crippen molar-refractivity contribution in [1.82, 2.24) is 0 Å². The van der Waals surface area contributed by atoms with E-state index in [-0.39, 0.29) is 0 Å². The van der Waals surface area contributed by atoms with Crippen LogP contribution >= 0.6 is 0 Å². The third-order valence-electron chi connectivity index (χ3n) is 3.96. The molecule has 22 heavy (non-hydrogen) atoms. The molecule has 0 heterocycles. The molecule has 0 radical (unpaired) electrons. The maximum absolute atomic E-state index is 11.0. The summed E-state index contributed by atoms with van der Waals surface area (Å²) in [5, 5.41) is 9.43. The van der Waals surface area contributed by atoms with Gasteiger partial charge in [-0.2, -0.15) is 0 Å². The van der Waals surface area contributed by atoms with Gasteiger partial charge in [0.2, 0.25) is 0 Å². The SMILES string of the molecule is CCCCCC=CCCCCCCCCCC(O)C(=O)OC. The second-order valence-corrected chi connectivity index (χ2v) is 6.06. The van der Waals surface area contributed by atoms with Gasteiger partial charge in [-0.15, -0.1) is 0 Å². The van der Waals surface area contributed by atoms with Gasteiger partial charge >= 0.3 is 5.97 Å². The predicted molar refractivity (Wildman–Crippen MR) is 92.9 cm³/mol. The van der Waals surface area contributed by atoms with Gasteiger partial charge in [-0.1, -0.05) is 70.4 Å². The van der Waals surface area contributed by atoms with Crippen LogP contribution in [0.4, 0.5) is 0 Å². The summed E-state index contributed by atoms with van der Waals surface area (Å²) < 4.78 is 4.49.